The van der Waals surface area contributed by atoms with Crippen LogP contribution >= 0.6 is 0 Å². The van der Waals surface area contributed by atoms with Crippen molar-refractivity contribution in [1.29, 1.82) is 0 Å². The third kappa shape index (κ3) is 3.66. The Morgan fingerprint density at radius 2 is 1.77 bits per heavy atom. The number of aromatic amines is 1. The smallest absolute Gasteiger partial charge is 0.320 e. The maximum atomic E-state index is 12.9. The summed E-state index contributed by atoms with van der Waals surface area (Å²) in [6.07, 6.45) is 4.02. The number of nitrogens with one attached hydrogen (secondary N) is 1. The Labute approximate surface area is 153 Å². The van der Waals surface area contributed by atoms with Gasteiger partial charge in [-0.05, 0) is 42.7 Å². The van der Waals surface area contributed by atoms with Crippen molar-refractivity contribution >= 4 is 6.03 Å². The number of pyridine rings is 1. The Kier molecular flexibility index (Phi) is 4.78. The SMILES string of the molecule is O=C(N1CCC(Cc2ccccc2)CC1)N1CCc2ccc(=O)[nH]c2C1. The van der Waals surface area contributed by atoms with Gasteiger partial charge in [0.05, 0.1) is 6.54 Å². The summed E-state index contributed by atoms with van der Waals surface area (Å²) >= 11 is 0. The topological polar surface area (TPSA) is 56.4 Å². The molecular weight excluding hydrogens is 326 g/mol. The predicted octanol–water partition coefficient (Wildman–Crippen LogP) is 2.81. The number of amides is 2. The van der Waals surface area contributed by atoms with Gasteiger partial charge in [-0.3, -0.25) is 4.79 Å². The van der Waals surface area contributed by atoms with Crippen molar-refractivity contribution in [3.8, 4) is 0 Å². The van der Waals surface area contributed by atoms with E-state index < -0.39 is 0 Å². The van der Waals surface area contributed by atoms with E-state index in [-0.39, 0.29) is 11.6 Å². The minimum absolute atomic E-state index is 0.0974. The monoisotopic (exact) mass is 351 g/mol. The molecule has 26 heavy (non-hydrogen) atoms. The minimum Gasteiger partial charge on any atom is -0.325 e. The van der Waals surface area contributed by atoms with Gasteiger partial charge in [-0.2, -0.15) is 0 Å². The van der Waals surface area contributed by atoms with Crippen molar-refractivity contribution in [2.75, 3.05) is 19.6 Å². The predicted molar refractivity (Wildman–Crippen MR) is 101 cm³/mol. The van der Waals surface area contributed by atoms with Gasteiger partial charge >= 0.3 is 6.03 Å². The third-order valence-corrected chi connectivity index (χ3v) is 5.62. The first-order chi connectivity index (χ1) is 12.7. The number of hydrogen-bond acceptors (Lipinski definition) is 2. The first-order valence-electron chi connectivity index (χ1n) is 9.48. The molecule has 0 atom stereocenters. The van der Waals surface area contributed by atoms with Crippen LogP contribution in [0.5, 0.6) is 0 Å². The van der Waals surface area contributed by atoms with Crippen LogP contribution in [0, 0.1) is 5.92 Å². The number of H-pyrrole nitrogens is 1. The van der Waals surface area contributed by atoms with Crippen LogP contribution < -0.4 is 5.56 Å². The van der Waals surface area contributed by atoms with Crippen LogP contribution in [0.3, 0.4) is 0 Å². The average molecular weight is 351 g/mol. The van der Waals surface area contributed by atoms with Crippen molar-refractivity contribution in [3.05, 3.63) is 69.6 Å². The minimum atomic E-state index is -0.0974. The van der Waals surface area contributed by atoms with Gasteiger partial charge < -0.3 is 14.8 Å². The number of rotatable bonds is 2. The summed E-state index contributed by atoms with van der Waals surface area (Å²) in [5.41, 5.74) is 3.32. The van der Waals surface area contributed by atoms with Gasteiger partial charge in [-0.1, -0.05) is 36.4 Å². The molecule has 0 spiro atoms. The lowest BCUT2D eigenvalue weighted by Crippen LogP contribution is -2.48. The molecule has 2 aromatic rings. The van der Waals surface area contributed by atoms with E-state index in [2.05, 4.69) is 35.3 Å². The molecule has 1 saturated heterocycles. The fourth-order valence-corrected chi connectivity index (χ4v) is 4.09. The molecule has 1 aromatic heterocycles. The van der Waals surface area contributed by atoms with Gasteiger partial charge in [0.15, 0.2) is 0 Å². The number of hydrogen-bond donors (Lipinski definition) is 1. The zero-order valence-electron chi connectivity index (χ0n) is 15.0. The largest absolute Gasteiger partial charge is 0.325 e. The Bertz CT molecular complexity index is 823. The Morgan fingerprint density at radius 3 is 2.54 bits per heavy atom. The van der Waals surface area contributed by atoms with Crippen molar-refractivity contribution in [1.82, 2.24) is 14.8 Å². The summed E-state index contributed by atoms with van der Waals surface area (Å²) in [5, 5.41) is 0. The second kappa shape index (κ2) is 7.36. The van der Waals surface area contributed by atoms with Crippen LogP contribution in [0.2, 0.25) is 0 Å². The van der Waals surface area contributed by atoms with E-state index in [0.29, 0.717) is 12.5 Å². The number of fused-ring (bicyclic) bond motifs is 1. The molecule has 2 aliphatic rings. The van der Waals surface area contributed by atoms with Crippen molar-refractivity contribution < 1.29 is 4.79 Å². The van der Waals surface area contributed by atoms with Crippen LogP contribution in [0.25, 0.3) is 0 Å². The Morgan fingerprint density at radius 1 is 1.00 bits per heavy atom. The van der Waals surface area contributed by atoms with Crippen LogP contribution in [0.15, 0.2) is 47.3 Å². The van der Waals surface area contributed by atoms with Crippen molar-refractivity contribution in [2.45, 2.75) is 32.2 Å². The molecule has 4 rings (SSSR count). The normalized spacial score (nSPS) is 17.8. The van der Waals surface area contributed by atoms with Crippen LogP contribution in [0.4, 0.5) is 4.79 Å². The molecule has 5 nitrogen and oxygen atoms in total. The van der Waals surface area contributed by atoms with Gasteiger partial charge in [-0.25, -0.2) is 4.79 Å². The highest BCUT2D eigenvalue weighted by Gasteiger charge is 2.28. The van der Waals surface area contributed by atoms with Gasteiger partial charge in [-0.15, -0.1) is 0 Å². The Balaban J connectivity index is 1.33. The number of urea groups is 1. The van der Waals surface area contributed by atoms with Gasteiger partial charge in [0.2, 0.25) is 5.56 Å². The summed E-state index contributed by atoms with van der Waals surface area (Å²) < 4.78 is 0. The molecule has 2 aliphatic heterocycles. The molecule has 5 heteroatoms. The molecule has 2 amide bonds. The fourth-order valence-electron chi connectivity index (χ4n) is 4.09. The number of piperidine rings is 1. The summed E-state index contributed by atoms with van der Waals surface area (Å²) in [6, 6.07) is 14.2. The highest BCUT2D eigenvalue weighted by Crippen LogP contribution is 2.24. The van der Waals surface area contributed by atoms with E-state index in [4.69, 9.17) is 0 Å². The van der Waals surface area contributed by atoms with Crippen LogP contribution in [-0.2, 0) is 19.4 Å². The number of benzene rings is 1. The lowest BCUT2D eigenvalue weighted by molar-refractivity contribution is 0.127. The molecule has 1 fully saturated rings. The third-order valence-electron chi connectivity index (χ3n) is 5.62. The fraction of sp³-hybridized carbons (Fsp3) is 0.429. The summed E-state index contributed by atoms with van der Waals surface area (Å²) in [4.78, 5) is 31.1. The van der Waals surface area contributed by atoms with Crippen molar-refractivity contribution in [2.24, 2.45) is 5.92 Å². The molecule has 136 valence electrons. The van der Waals surface area contributed by atoms with Gasteiger partial charge in [0.1, 0.15) is 0 Å². The number of carbonyl (C=O) groups excluding carboxylic acids is 1. The van der Waals surface area contributed by atoms with Gasteiger partial charge in [0, 0.05) is 31.4 Å². The number of aromatic nitrogens is 1. The first-order valence-corrected chi connectivity index (χ1v) is 9.48. The van der Waals surface area contributed by atoms with E-state index in [1.54, 1.807) is 6.07 Å². The second-order valence-electron chi connectivity index (χ2n) is 7.40. The molecule has 1 aromatic carbocycles. The van der Waals surface area contributed by atoms with E-state index in [1.165, 1.54) is 5.56 Å². The van der Waals surface area contributed by atoms with Crippen LogP contribution in [-0.4, -0.2) is 40.4 Å². The molecule has 0 radical (unpaired) electrons. The van der Waals surface area contributed by atoms with Crippen molar-refractivity contribution in [3.63, 3.8) is 0 Å². The quantitative estimate of drug-likeness (QED) is 0.904. The maximum absolute atomic E-state index is 12.9. The molecule has 0 unspecified atom stereocenters. The van der Waals surface area contributed by atoms with Gasteiger partial charge in [0.25, 0.3) is 0 Å². The molecule has 0 bridgehead atoms. The van der Waals surface area contributed by atoms with Crippen LogP contribution in [0.1, 0.15) is 29.7 Å². The number of likely N-dealkylation sites (tertiary alicyclic amines) is 1. The molecule has 1 N–H and O–H groups in total. The number of nitrogens with zero attached hydrogens (tertiary/aromatic N) is 2. The molecular formula is C21H25N3O2. The van der Waals surface area contributed by atoms with E-state index >= 15 is 0 Å². The maximum Gasteiger partial charge on any atom is 0.320 e. The summed E-state index contributed by atoms with van der Waals surface area (Å²) in [5.74, 6) is 0.653. The second-order valence-corrected chi connectivity index (χ2v) is 7.40. The standard InChI is InChI=1S/C21H25N3O2/c25-20-7-6-18-10-13-24(15-19(18)22-20)21(26)23-11-8-17(9-12-23)14-16-4-2-1-3-5-16/h1-7,17H,8-15H2,(H,22,25). The molecule has 3 heterocycles. The van der Waals surface area contributed by atoms with E-state index in [0.717, 1.165) is 56.6 Å². The number of carbonyl (C=O) groups is 1. The van der Waals surface area contributed by atoms with E-state index in [1.807, 2.05) is 15.9 Å². The van der Waals surface area contributed by atoms with E-state index in [9.17, 15) is 9.59 Å². The summed E-state index contributed by atoms with van der Waals surface area (Å²) in [7, 11) is 0. The Hall–Kier alpha value is -2.56. The highest BCUT2D eigenvalue weighted by atomic mass is 16.2. The average Bonchev–Trinajstić information content (AvgIpc) is 2.68. The first kappa shape index (κ1) is 16.9. The highest BCUT2D eigenvalue weighted by molar-refractivity contribution is 5.74. The zero-order valence-corrected chi connectivity index (χ0v) is 15.0. The zero-order chi connectivity index (χ0) is 17.9. The molecule has 0 aliphatic carbocycles. The molecule has 0 saturated carbocycles. The lowest BCUT2D eigenvalue weighted by atomic mass is 9.90. The lowest BCUT2D eigenvalue weighted by Gasteiger charge is -2.37. The summed E-state index contributed by atoms with van der Waals surface area (Å²) in [6.45, 7) is 2.88.